The Morgan fingerprint density at radius 1 is 1.13 bits per heavy atom. The SMILES string of the molecule is CCCCCCC1(C)NC(=O)N(CC(=O)N2CCCCC2)C1=O. The lowest BCUT2D eigenvalue weighted by molar-refractivity contribution is -0.139. The molecule has 2 fully saturated rings. The van der Waals surface area contributed by atoms with Crippen LogP contribution in [0.25, 0.3) is 0 Å². The van der Waals surface area contributed by atoms with Gasteiger partial charge in [0.2, 0.25) is 5.91 Å². The van der Waals surface area contributed by atoms with E-state index in [0.29, 0.717) is 6.42 Å². The van der Waals surface area contributed by atoms with E-state index in [-0.39, 0.29) is 18.4 Å². The zero-order valence-electron chi connectivity index (χ0n) is 14.4. The number of likely N-dealkylation sites (tertiary alicyclic amines) is 1. The van der Waals surface area contributed by atoms with Crippen LogP contribution in [0.5, 0.6) is 0 Å². The van der Waals surface area contributed by atoms with E-state index in [1.807, 2.05) is 0 Å². The van der Waals surface area contributed by atoms with Gasteiger partial charge in [-0.05, 0) is 32.6 Å². The summed E-state index contributed by atoms with van der Waals surface area (Å²) in [6.45, 7) is 5.24. The molecule has 6 heteroatoms. The first-order valence-electron chi connectivity index (χ1n) is 8.90. The highest BCUT2D eigenvalue weighted by Gasteiger charge is 2.47. The number of rotatable bonds is 7. The molecule has 0 aromatic carbocycles. The minimum absolute atomic E-state index is 0.122. The Kier molecular flexibility index (Phi) is 6.02. The van der Waals surface area contributed by atoms with Crippen LogP contribution in [0.3, 0.4) is 0 Å². The quantitative estimate of drug-likeness (QED) is 0.577. The van der Waals surface area contributed by atoms with Crippen molar-refractivity contribution in [2.75, 3.05) is 19.6 Å². The molecule has 0 spiro atoms. The van der Waals surface area contributed by atoms with E-state index in [9.17, 15) is 14.4 Å². The predicted octanol–water partition coefficient (Wildman–Crippen LogP) is 2.28. The molecule has 2 rings (SSSR count). The molecule has 2 saturated heterocycles. The number of piperidine rings is 1. The number of imide groups is 1. The lowest BCUT2D eigenvalue weighted by Crippen LogP contribution is -2.46. The zero-order chi connectivity index (χ0) is 16.9. The van der Waals surface area contributed by atoms with E-state index < -0.39 is 11.6 Å². The number of hydrogen-bond acceptors (Lipinski definition) is 3. The molecule has 4 amide bonds. The van der Waals surface area contributed by atoms with E-state index >= 15 is 0 Å². The molecule has 0 bridgehead atoms. The predicted molar refractivity (Wildman–Crippen MR) is 87.8 cm³/mol. The summed E-state index contributed by atoms with van der Waals surface area (Å²) < 4.78 is 0. The van der Waals surface area contributed by atoms with Gasteiger partial charge in [0.15, 0.2) is 0 Å². The molecule has 6 nitrogen and oxygen atoms in total. The molecular formula is C17H29N3O3. The highest BCUT2D eigenvalue weighted by atomic mass is 16.2. The summed E-state index contributed by atoms with van der Waals surface area (Å²) in [4.78, 5) is 39.9. The third kappa shape index (κ3) is 4.24. The van der Waals surface area contributed by atoms with Crippen molar-refractivity contribution >= 4 is 17.8 Å². The summed E-state index contributed by atoms with van der Waals surface area (Å²) >= 11 is 0. The molecule has 0 saturated carbocycles. The van der Waals surface area contributed by atoms with Gasteiger partial charge in [-0.25, -0.2) is 4.79 Å². The molecular weight excluding hydrogens is 294 g/mol. The van der Waals surface area contributed by atoms with Crippen LogP contribution in [0.1, 0.15) is 65.2 Å². The van der Waals surface area contributed by atoms with Crippen molar-refractivity contribution in [3.05, 3.63) is 0 Å². The summed E-state index contributed by atoms with van der Waals surface area (Å²) in [5.74, 6) is -0.382. The van der Waals surface area contributed by atoms with Crippen molar-refractivity contribution in [2.45, 2.75) is 70.8 Å². The van der Waals surface area contributed by atoms with Crippen molar-refractivity contribution < 1.29 is 14.4 Å². The van der Waals surface area contributed by atoms with Gasteiger partial charge >= 0.3 is 6.03 Å². The summed E-state index contributed by atoms with van der Waals surface area (Å²) in [5, 5.41) is 2.78. The first kappa shape index (κ1) is 17.8. The summed E-state index contributed by atoms with van der Waals surface area (Å²) in [6.07, 6.45) is 8.01. The fraction of sp³-hybridized carbons (Fsp3) is 0.824. The van der Waals surface area contributed by atoms with Gasteiger partial charge in [0.05, 0.1) is 0 Å². The number of amides is 4. The van der Waals surface area contributed by atoms with Crippen LogP contribution in [0.4, 0.5) is 4.79 Å². The second-order valence-corrected chi connectivity index (χ2v) is 6.91. The molecule has 23 heavy (non-hydrogen) atoms. The number of nitrogens with zero attached hydrogens (tertiary/aromatic N) is 2. The zero-order valence-corrected chi connectivity index (χ0v) is 14.4. The van der Waals surface area contributed by atoms with E-state index in [1.165, 1.54) is 0 Å². The van der Waals surface area contributed by atoms with E-state index in [2.05, 4.69) is 12.2 Å². The van der Waals surface area contributed by atoms with Crippen LogP contribution >= 0.6 is 0 Å². The minimum Gasteiger partial charge on any atom is -0.341 e. The smallest absolute Gasteiger partial charge is 0.325 e. The van der Waals surface area contributed by atoms with Crippen LogP contribution < -0.4 is 5.32 Å². The van der Waals surface area contributed by atoms with Crippen molar-refractivity contribution in [3.8, 4) is 0 Å². The van der Waals surface area contributed by atoms with Gasteiger partial charge in [0, 0.05) is 13.1 Å². The highest BCUT2D eigenvalue weighted by molar-refractivity contribution is 6.08. The largest absolute Gasteiger partial charge is 0.341 e. The second-order valence-electron chi connectivity index (χ2n) is 6.91. The van der Waals surface area contributed by atoms with Crippen LogP contribution in [-0.4, -0.2) is 52.8 Å². The van der Waals surface area contributed by atoms with E-state index in [4.69, 9.17) is 0 Å². The lowest BCUT2D eigenvalue weighted by atomic mass is 9.94. The molecule has 2 heterocycles. The molecule has 0 aromatic rings. The molecule has 0 radical (unpaired) electrons. The number of hydrogen-bond donors (Lipinski definition) is 1. The summed E-state index contributed by atoms with van der Waals surface area (Å²) in [7, 11) is 0. The molecule has 1 N–H and O–H groups in total. The first-order valence-corrected chi connectivity index (χ1v) is 8.90. The Bertz CT molecular complexity index is 460. The number of unbranched alkanes of at least 4 members (excludes halogenated alkanes) is 3. The standard InChI is InChI=1S/C17H29N3O3/c1-3-4-5-7-10-17(2)15(22)20(16(23)18-17)13-14(21)19-11-8-6-9-12-19/h3-13H2,1-2H3,(H,18,23). The number of carbonyl (C=O) groups is 3. The maximum Gasteiger partial charge on any atom is 0.325 e. The Hall–Kier alpha value is -1.59. The van der Waals surface area contributed by atoms with Gasteiger partial charge in [-0.1, -0.05) is 32.6 Å². The van der Waals surface area contributed by atoms with Gasteiger partial charge in [0.1, 0.15) is 12.1 Å². The Morgan fingerprint density at radius 2 is 1.83 bits per heavy atom. The molecule has 1 unspecified atom stereocenters. The fourth-order valence-corrected chi connectivity index (χ4v) is 3.34. The third-order valence-corrected chi connectivity index (χ3v) is 4.88. The van der Waals surface area contributed by atoms with E-state index in [0.717, 1.165) is 62.9 Å². The number of carbonyl (C=O) groups excluding carboxylic acids is 3. The van der Waals surface area contributed by atoms with Crippen LogP contribution in [0.2, 0.25) is 0 Å². The Balaban J connectivity index is 1.90. The minimum atomic E-state index is -0.854. The molecule has 1 atom stereocenters. The first-order chi connectivity index (χ1) is 11.0. The van der Waals surface area contributed by atoms with Crippen LogP contribution in [0, 0.1) is 0 Å². The van der Waals surface area contributed by atoms with Crippen molar-refractivity contribution in [1.82, 2.24) is 15.1 Å². The lowest BCUT2D eigenvalue weighted by Gasteiger charge is -2.28. The van der Waals surface area contributed by atoms with Crippen LogP contribution in [-0.2, 0) is 9.59 Å². The Morgan fingerprint density at radius 3 is 2.48 bits per heavy atom. The molecule has 0 aromatic heterocycles. The highest BCUT2D eigenvalue weighted by Crippen LogP contribution is 2.24. The maximum absolute atomic E-state index is 12.6. The number of nitrogens with one attached hydrogen (secondary N) is 1. The van der Waals surface area contributed by atoms with Gasteiger partial charge in [0.25, 0.3) is 5.91 Å². The van der Waals surface area contributed by atoms with Crippen molar-refractivity contribution in [1.29, 1.82) is 0 Å². The van der Waals surface area contributed by atoms with Crippen molar-refractivity contribution in [2.24, 2.45) is 0 Å². The second kappa shape index (κ2) is 7.79. The third-order valence-electron chi connectivity index (χ3n) is 4.88. The topological polar surface area (TPSA) is 69.7 Å². The molecule has 2 aliphatic rings. The Labute approximate surface area is 138 Å². The number of urea groups is 1. The summed E-state index contributed by atoms with van der Waals surface area (Å²) in [5.41, 5.74) is -0.854. The van der Waals surface area contributed by atoms with Gasteiger partial charge < -0.3 is 10.2 Å². The monoisotopic (exact) mass is 323 g/mol. The normalized spacial score (nSPS) is 25.0. The van der Waals surface area contributed by atoms with Gasteiger partial charge in [-0.2, -0.15) is 0 Å². The molecule has 130 valence electrons. The van der Waals surface area contributed by atoms with Gasteiger partial charge in [-0.15, -0.1) is 0 Å². The molecule has 2 aliphatic heterocycles. The van der Waals surface area contributed by atoms with E-state index in [1.54, 1.807) is 11.8 Å². The average Bonchev–Trinajstić information content (AvgIpc) is 2.76. The fourth-order valence-electron chi connectivity index (χ4n) is 3.34. The maximum atomic E-state index is 12.6. The van der Waals surface area contributed by atoms with Crippen molar-refractivity contribution in [3.63, 3.8) is 0 Å². The van der Waals surface area contributed by atoms with Crippen LogP contribution in [0.15, 0.2) is 0 Å². The average molecular weight is 323 g/mol. The summed E-state index contributed by atoms with van der Waals surface area (Å²) in [6, 6.07) is -0.432. The van der Waals surface area contributed by atoms with Gasteiger partial charge in [-0.3, -0.25) is 14.5 Å². The molecule has 0 aliphatic carbocycles.